The Bertz CT molecular complexity index is 1400. The van der Waals surface area contributed by atoms with Crippen LogP contribution in [0.25, 0.3) is 0 Å². The third-order valence-corrected chi connectivity index (χ3v) is 13.3. The van der Waals surface area contributed by atoms with Gasteiger partial charge in [0.05, 0.1) is 59.7 Å². The van der Waals surface area contributed by atoms with Crippen LogP contribution < -0.4 is 10.0 Å². The summed E-state index contributed by atoms with van der Waals surface area (Å²) in [6.07, 6.45) is 24.2. The van der Waals surface area contributed by atoms with Gasteiger partial charge in [-0.15, -0.1) is 0 Å². The molecule has 0 spiro atoms. The molecule has 0 fully saturated rings. The van der Waals surface area contributed by atoms with Gasteiger partial charge in [-0.05, 0) is 111 Å². The predicted molar refractivity (Wildman–Crippen MR) is 268 cm³/mol. The minimum absolute atomic E-state index is 0.377. The molecule has 370 valence electrons. The summed E-state index contributed by atoms with van der Waals surface area (Å²) in [4.78, 5) is 0. The molecule has 0 amide bonds. The topological polar surface area (TPSA) is 55.3 Å². The molecule has 5 nitrogen and oxygen atoms in total. The molecule has 0 aliphatic heterocycles. The quantitative estimate of drug-likeness (QED) is 0.0452. The lowest BCUT2D eigenvalue weighted by Crippen LogP contribution is -2.55. The molecule has 3 aromatic carbocycles. The third kappa shape index (κ3) is 22.3. The van der Waals surface area contributed by atoms with Crippen LogP contribution in [0.15, 0.2) is 72.8 Å². The van der Waals surface area contributed by atoms with Gasteiger partial charge in [-0.2, -0.15) is 0 Å². The number of unbranched alkanes of at least 4 members (excludes halogenated alkanes) is 9. The predicted octanol–water partition coefficient (Wildman–Crippen LogP) is 14.1. The van der Waals surface area contributed by atoms with Gasteiger partial charge >= 0.3 is 0 Å². The Morgan fingerprint density at radius 2 is 0.662 bits per heavy atom. The van der Waals surface area contributed by atoms with Crippen molar-refractivity contribution < 1.29 is 36.8 Å². The lowest BCUT2D eigenvalue weighted by Gasteiger charge is -2.48. The van der Waals surface area contributed by atoms with E-state index in [0.29, 0.717) is 23.1 Å². The number of nitrogens with zero attached hydrogens (tertiary/aromatic N) is 2. The summed E-state index contributed by atoms with van der Waals surface area (Å²) >= 11 is 0. The molecule has 0 bridgehead atoms. The Morgan fingerprint density at radius 1 is 0.415 bits per heavy atom. The van der Waals surface area contributed by atoms with E-state index >= 15 is 0 Å². The highest BCUT2D eigenvalue weighted by Crippen LogP contribution is 2.48. The number of hydrogen-bond donors (Lipinski definition) is 0. The molecule has 3 rings (SSSR count). The molecule has 0 saturated carbocycles. The second kappa shape index (κ2) is 35.5. The van der Waals surface area contributed by atoms with Crippen molar-refractivity contribution in [2.24, 2.45) is 0 Å². The fourth-order valence-electron chi connectivity index (χ4n) is 9.33. The van der Waals surface area contributed by atoms with E-state index in [4.69, 9.17) is 4.65 Å². The highest BCUT2D eigenvalue weighted by molar-refractivity contribution is 6.28. The molecule has 1 atom stereocenters. The highest BCUT2D eigenvalue weighted by Gasteiger charge is 2.43. The van der Waals surface area contributed by atoms with Crippen LogP contribution in [-0.4, -0.2) is 68.6 Å². The fraction of sp³-hybridized carbons (Fsp3) is 0.679. The zero-order chi connectivity index (χ0) is 48.4. The zero-order valence-electron chi connectivity index (χ0n) is 42.9. The fourth-order valence-corrected chi connectivity index (χ4v) is 9.33. The summed E-state index contributed by atoms with van der Waals surface area (Å²) in [5.74, 6) is -2.01. The van der Waals surface area contributed by atoms with Crippen LogP contribution in [0.2, 0.25) is 0 Å². The van der Waals surface area contributed by atoms with Gasteiger partial charge in [0.15, 0.2) is 0 Å². The summed E-state index contributed by atoms with van der Waals surface area (Å²) < 4.78 is 49.5. The maximum Gasteiger partial charge on any atom is 0.123 e. The van der Waals surface area contributed by atoms with Crippen LogP contribution >= 0.6 is 0 Å². The Labute approximate surface area is 397 Å². The van der Waals surface area contributed by atoms with Crippen molar-refractivity contribution in [3.05, 3.63) is 107 Å². The molecule has 9 heteroatoms. The average Bonchev–Trinajstić information content (AvgIpc) is 3.31. The second-order valence-corrected chi connectivity index (χ2v) is 18.7. The number of quaternary nitrogens is 2. The first-order chi connectivity index (χ1) is 31.3. The first-order valence-corrected chi connectivity index (χ1v) is 26.3. The second-order valence-electron chi connectivity index (χ2n) is 18.7. The van der Waals surface area contributed by atoms with Gasteiger partial charge in [0.1, 0.15) is 23.1 Å². The lowest BCUT2D eigenvalue weighted by atomic mass is 9.70. The molecular weight excluding hydrogens is 816 g/mol. The van der Waals surface area contributed by atoms with Crippen molar-refractivity contribution in [3.8, 4) is 0 Å². The Kier molecular flexibility index (Phi) is 32.9. The van der Waals surface area contributed by atoms with Crippen molar-refractivity contribution in [2.45, 2.75) is 196 Å². The minimum Gasteiger partial charge on any atom is -0.871 e. The van der Waals surface area contributed by atoms with Gasteiger partial charge in [-0.1, -0.05) is 163 Å². The van der Waals surface area contributed by atoms with Crippen LogP contribution in [-0.2, 0) is 10.3 Å². The summed E-state index contributed by atoms with van der Waals surface area (Å²) in [6.45, 7) is 32.0. The molecule has 0 aliphatic rings. The van der Waals surface area contributed by atoms with Crippen LogP contribution in [0, 0.1) is 17.5 Å². The van der Waals surface area contributed by atoms with Gasteiger partial charge in [0.2, 0.25) is 0 Å². The van der Waals surface area contributed by atoms with Crippen molar-refractivity contribution in [2.75, 3.05) is 52.4 Å². The summed E-state index contributed by atoms with van der Waals surface area (Å²) in [6, 6.07) is 16.4. The monoisotopic (exact) mass is 911 g/mol. The number of hydrogen-bond acceptors (Lipinski definition) is 3. The number of benzene rings is 3. The molecule has 0 aromatic heterocycles. The molecule has 0 N–H and O–H groups in total. The van der Waals surface area contributed by atoms with E-state index in [2.05, 4.69) is 55.4 Å². The highest BCUT2D eigenvalue weighted by atomic mass is 19.1. The van der Waals surface area contributed by atoms with Crippen LogP contribution in [0.3, 0.4) is 0 Å². The van der Waals surface area contributed by atoms with E-state index in [1.807, 2.05) is 6.92 Å². The van der Waals surface area contributed by atoms with Crippen LogP contribution in [0.4, 0.5) is 13.2 Å². The van der Waals surface area contributed by atoms with E-state index in [0.717, 1.165) is 12.8 Å². The SMILES string of the molecule is CCCCC(c1ccc(F)cc1)C(OB([O-])[O-])(c1ccc(F)cc1)c1ccc(F)cc1.CCCC[N+](CCCC)(CCCC)CCCC.CCCC[N+](CCCC)(CCCC)CCCC. The van der Waals surface area contributed by atoms with E-state index in [1.54, 1.807) is 12.1 Å². The van der Waals surface area contributed by atoms with Crippen molar-refractivity contribution in [3.63, 3.8) is 0 Å². The molecule has 0 saturated heterocycles. The van der Waals surface area contributed by atoms with Crippen molar-refractivity contribution in [1.82, 2.24) is 0 Å². The smallest absolute Gasteiger partial charge is 0.123 e. The summed E-state index contributed by atoms with van der Waals surface area (Å²) in [5, 5.41) is 23.8. The van der Waals surface area contributed by atoms with Crippen molar-refractivity contribution in [1.29, 1.82) is 0 Å². The molecular formula is C56H94BF3N2O3. The largest absolute Gasteiger partial charge is 0.871 e. The van der Waals surface area contributed by atoms with E-state index < -0.39 is 36.3 Å². The summed E-state index contributed by atoms with van der Waals surface area (Å²) in [7, 11) is -2.67. The van der Waals surface area contributed by atoms with Crippen LogP contribution in [0.5, 0.6) is 0 Å². The van der Waals surface area contributed by atoms with Crippen LogP contribution in [0.1, 0.15) is 207 Å². The van der Waals surface area contributed by atoms with Gasteiger partial charge in [0.25, 0.3) is 0 Å². The molecule has 0 aliphatic carbocycles. The molecule has 0 radical (unpaired) electrons. The maximum absolute atomic E-state index is 13.7. The first kappa shape index (κ1) is 60.3. The molecule has 3 aromatic rings. The normalized spacial score (nSPS) is 12.3. The Hall–Kier alpha value is -2.69. The van der Waals surface area contributed by atoms with E-state index in [-0.39, 0.29) is 0 Å². The van der Waals surface area contributed by atoms with E-state index in [1.165, 1.54) is 225 Å². The Morgan fingerprint density at radius 3 is 0.892 bits per heavy atom. The van der Waals surface area contributed by atoms with Gasteiger partial charge in [-0.3, -0.25) is 0 Å². The standard InChI is InChI=1S/C24H22BF3O3.2C16H36N/c1-2-3-4-23(17-5-11-20(26)12-6-17)24(31-25(29)30,18-7-13-21(27)14-8-18)19-9-15-22(28)16-10-19;2*1-5-9-13-17(14-10-6-2,15-11-7-3)16-12-8-4/h5-16,23H,2-4H2,1H3;2*5-16H2,1-4H3/q-2;2*+1. The first-order valence-electron chi connectivity index (χ1n) is 26.3. The minimum atomic E-state index is -2.67. The molecule has 0 heterocycles. The lowest BCUT2D eigenvalue weighted by molar-refractivity contribution is -0.929. The van der Waals surface area contributed by atoms with E-state index in [9.17, 15) is 23.2 Å². The Balaban J connectivity index is 0.000000532. The number of halogens is 3. The van der Waals surface area contributed by atoms with Gasteiger partial charge in [-0.25, -0.2) is 13.2 Å². The summed E-state index contributed by atoms with van der Waals surface area (Å²) in [5.41, 5.74) is -0.225. The number of rotatable bonds is 33. The van der Waals surface area contributed by atoms with Gasteiger partial charge < -0.3 is 23.7 Å². The zero-order valence-corrected chi connectivity index (χ0v) is 42.9. The van der Waals surface area contributed by atoms with Gasteiger partial charge in [0, 0.05) is 5.92 Å². The maximum atomic E-state index is 13.7. The molecule has 1 unspecified atom stereocenters. The third-order valence-electron chi connectivity index (χ3n) is 13.3. The van der Waals surface area contributed by atoms with Crippen molar-refractivity contribution >= 4 is 7.32 Å². The molecule has 65 heavy (non-hydrogen) atoms. The average molecular weight is 911 g/mol.